The van der Waals surface area contributed by atoms with E-state index in [0.29, 0.717) is 19.3 Å². The summed E-state index contributed by atoms with van der Waals surface area (Å²) < 4.78 is 5.75. The largest absolute Gasteiger partial charge is 0.383 e. The molecule has 0 aromatic carbocycles. The molecule has 0 aliphatic heterocycles. The molecule has 2 aliphatic carbocycles. The Morgan fingerprint density at radius 1 is 1.10 bits per heavy atom. The first kappa shape index (κ1) is 15.8. The van der Waals surface area contributed by atoms with Crippen molar-refractivity contribution in [3.63, 3.8) is 0 Å². The van der Waals surface area contributed by atoms with Crippen LogP contribution in [-0.4, -0.2) is 36.4 Å². The van der Waals surface area contributed by atoms with Crippen LogP contribution in [0.4, 0.5) is 0 Å². The van der Waals surface area contributed by atoms with Crippen molar-refractivity contribution in [1.29, 1.82) is 0 Å². The fraction of sp³-hybridized carbons (Fsp3) is 0.938. The highest BCUT2D eigenvalue weighted by atomic mass is 16.5. The highest BCUT2D eigenvalue weighted by Crippen LogP contribution is 2.26. The van der Waals surface area contributed by atoms with Crippen molar-refractivity contribution in [3.05, 3.63) is 0 Å². The van der Waals surface area contributed by atoms with E-state index in [1.807, 2.05) is 0 Å². The van der Waals surface area contributed by atoms with Crippen LogP contribution >= 0.6 is 0 Å². The summed E-state index contributed by atoms with van der Waals surface area (Å²) in [5.41, 5.74) is 0. The maximum absolute atomic E-state index is 11.9. The Hall–Kier alpha value is -0.610. The highest BCUT2D eigenvalue weighted by molar-refractivity contribution is 5.80. The summed E-state index contributed by atoms with van der Waals surface area (Å²) >= 11 is 0. The summed E-state index contributed by atoms with van der Waals surface area (Å²) in [5, 5.41) is 12.9. The number of aliphatic hydroxyl groups excluding tert-OH is 1. The Morgan fingerprint density at radius 2 is 1.75 bits per heavy atom. The van der Waals surface area contributed by atoms with E-state index in [2.05, 4.69) is 5.32 Å². The molecule has 1 amide bonds. The molecule has 1 atom stereocenters. The van der Waals surface area contributed by atoms with Gasteiger partial charge in [0, 0.05) is 13.2 Å². The first-order valence-electron chi connectivity index (χ1n) is 8.35. The van der Waals surface area contributed by atoms with Gasteiger partial charge in [0.2, 0.25) is 5.91 Å². The van der Waals surface area contributed by atoms with Gasteiger partial charge in [-0.25, -0.2) is 0 Å². The summed E-state index contributed by atoms with van der Waals surface area (Å²) in [6.45, 7) is 1.32. The first-order chi connectivity index (χ1) is 9.77. The molecule has 2 aliphatic rings. The topological polar surface area (TPSA) is 58.6 Å². The molecule has 0 aromatic rings. The Balaban J connectivity index is 1.52. The van der Waals surface area contributed by atoms with Crippen molar-refractivity contribution in [2.45, 2.75) is 76.4 Å². The van der Waals surface area contributed by atoms with Gasteiger partial charge in [-0.15, -0.1) is 0 Å². The molecule has 0 bridgehead atoms. The van der Waals surface area contributed by atoms with Gasteiger partial charge in [0.25, 0.3) is 0 Å². The third-order valence-electron chi connectivity index (χ3n) is 4.64. The summed E-state index contributed by atoms with van der Waals surface area (Å²) in [5.74, 6) is -0.0312. The highest BCUT2D eigenvalue weighted by Gasteiger charge is 2.27. The standard InChI is InChI=1S/C16H29NO3/c18-15(13-7-2-1-3-8-13)16(19)17-11-6-12-20-14-9-4-5-10-14/h13-15,18H,1-12H2,(H,17,19)/t15-/m1/s1. The zero-order valence-corrected chi connectivity index (χ0v) is 12.5. The second kappa shape index (κ2) is 8.63. The molecule has 2 N–H and O–H groups in total. The number of nitrogens with one attached hydrogen (secondary N) is 1. The lowest BCUT2D eigenvalue weighted by atomic mass is 9.85. The van der Waals surface area contributed by atoms with Gasteiger partial charge in [-0.2, -0.15) is 0 Å². The molecule has 116 valence electrons. The molecule has 2 fully saturated rings. The van der Waals surface area contributed by atoms with Crippen LogP contribution in [0.5, 0.6) is 0 Å². The van der Waals surface area contributed by atoms with Crippen molar-refractivity contribution >= 4 is 5.91 Å². The average Bonchev–Trinajstić information content (AvgIpc) is 3.00. The Morgan fingerprint density at radius 3 is 2.45 bits per heavy atom. The van der Waals surface area contributed by atoms with Crippen molar-refractivity contribution in [1.82, 2.24) is 5.32 Å². The molecule has 2 saturated carbocycles. The Kier molecular flexibility index (Phi) is 6.80. The number of carbonyl (C=O) groups is 1. The normalized spacial score (nSPS) is 22.9. The number of amides is 1. The molecular weight excluding hydrogens is 254 g/mol. The van der Waals surface area contributed by atoms with Crippen LogP contribution in [0, 0.1) is 5.92 Å². The molecular formula is C16H29NO3. The van der Waals surface area contributed by atoms with Gasteiger partial charge < -0.3 is 15.2 Å². The van der Waals surface area contributed by atoms with E-state index in [0.717, 1.165) is 32.1 Å². The minimum atomic E-state index is -0.814. The van der Waals surface area contributed by atoms with Crippen LogP contribution in [0.15, 0.2) is 0 Å². The number of hydrogen-bond donors (Lipinski definition) is 2. The molecule has 20 heavy (non-hydrogen) atoms. The first-order valence-corrected chi connectivity index (χ1v) is 8.35. The zero-order chi connectivity index (χ0) is 14.2. The number of aliphatic hydroxyl groups is 1. The molecule has 4 nitrogen and oxygen atoms in total. The molecule has 0 aromatic heterocycles. The monoisotopic (exact) mass is 283 g/mol. The lowest BCUT2D eigenvalue weighted by Gasteiger charge is -2.25. The molecule has 0 heterocycles. The SMILES string of the molecule is O=C(NCCCOC1CCCC1)[C@H](O)C1CCCCC1. The van der Waals surface area contributed by atoms with Crippen LogP contribution < -0.4 is 5.32 Å². The van der Waals surface area contributed by atoms with E-state index >= 15 is 0 Å². The van der Waals surface area contributed by atoms with E-state index < -0.39 is 6.10 Å². The van der Waals surface area contributed by atoms with Crippen LogP contribution in [0.3, 0.4) is 0 Å². The fourth-order valence-corrected chi connectivity index (χ4v) is 3.36. The molecule has 0 saturated heterocycles. The van der Waals surface area contributed by atoms with Gasteiger partial charge in [-0.05, 0) is 38.0 Å². The summed E-state index contributed by atoms with van der Waals surface area (Å²) in [6.07, 6.45) is 10.9. The average molecular weight is 283 g/mol. The van der Waals surface area contributed by atoms with E-state index in [1.165, 1.54) is 32.1 Å². The van der Waals surface area contributed by atoms with Gasteiger partial charge in [-0.3, -0.25) is 4.79 Å². The van der Waals surface area contributed by atoms with Crippen molar-refractivity contribution in [2.75, 3.05) is 13.2 Å². The minimum absolute atomic E-state index is 0.165. The maximum Gasteiger partial charge on any atom is 0.249 e. The lowest BCUT2D eigenvalue weighted by molar-refractivity contribution is -0.132. The number of hydrogen-bond acceptors (Lipinski definition) is 3. The third-order valence-corrected chi connectivity index (χ3v) is 4.64. The van der Waals surface area contributed by atoms with Gasteiger partial charge >= 0.3 is 0 Å². The minimum Gasteiger partial charge on any atom is -0.383 e. The number of carbonyl (C=O) groups excluding carboxylic acids is 1. The molecule has 0 spiro atoms. The van der Waals surface area contributed by atoms with Crippen LogP contribution in [-0.2, 0) is 9.53 Å². The lowest BCUT2D eigenvalue weighted by Crippen LogP contribution is -2.40. The summed E-state index contributed by atoms with van der Waals surface area (Å²) in [7, 11) is 0. The van der Waals surface area contributed by atoms with Crippen LogP contribution in [0.25, 0.3) is 0 Å². The molecule has 0 radical (unpaired) electrons. The smallest absolute Gasteiger partial charge is 0.249 e. The third kappa shape index (κ3) is 5.06. The Labute approximate surface area is 122 Å². The van der Waals surface area contributed by atoms with Gasteiger partial charge in [0.15, 0.2) is 0 Å². The van der Waals surface area contributed by atoms with Gasteiger partial charge in [0.05, 0.1) is 6.10 Å². The molecule has 0 unspecified atom stereocenters. The van der Waals surface area contributed by atoms with E-state index in [1.54, 1.807) is 0 Å². The predicted octanol–water partition coefficient (Wildman–Crippen LogP) is 2.39. The van der Waals surface area contributed by atoms with E-state index in [-0.39, 0.29) is 11.8 Å². The van der Waals surface area contributed by atoms with Crippen molar-refractivity contribution < 1.29 is 14.6 Å². The van der Waals surface area contributed by atoms with E-state index in [4.69, 9.17) is 4.74 Å². The van der Waals surface area contributed by atoms with Crippen molar-refractivity contribution in [2.24, 2.45) is 5.92 Å². The Bertz CT molecular complexity index is 283. The van der Waals surface area contributed by atoms with Crippen LogP contribution in [0.1, 0.15) is 64.2 Å². The molecule has 4 heteroatoms. The second-order valence-electron chi connectivity index (χ2n) is 6.26. The summed E-state index contributed by atoms with van der Waals surface area (Å²) in [6, 6.07) is 0. The van der Waals surface area contributed by atoms with Crippen molar-refractivity contribution in [3.8, 4) is 0 Å². The number of rotatable bonds is 7. The summed E-state index contributed by atoms with van der Waals surface area (Å²) in [4.78, 5) is 11.9. The zero-order valence-electron chi connectivity index (χ0n) is 12.5. The predicted molar refractivity (Wildman–Crippen MR) is 78.4 cm³/mol. The van der Waals surface area contributed by atoms with E-state index in [9.17, 15) is 9.90 Å². The van der Waals surface area contributed by atoms with Crippen LogP contribution in [0.2, 0.25) is 0 Å². The fourth-order valence-electron chi connectivity index (χ4n) is 3.36. The quantitative estimate of drug-likeness (QED) is 0.705. The van der Waals surface area contributed by atoms with Gasteiger partial charge in [0.1, 0.15) is 6.10 Å². The molecule has 2 rings (SSSR count). The number of ether oxygens (including phenoxy) is 1. The van der Waals surface area contributed by atoms with Gasteiger partial charge in [-0.1, -0.05) is 32.1 Å². The second-order valence-corrected chi connectivity index (χ2v) is 6.26. The maximum atomic E-state index is 11.9.